The molecule has 25 heavy (non-hydrogen) atoms. The lowest BCUT2D eigenvalue weighted by Crippen LogP contribution is -2.22. The molecule has 0 unspecified atom stereocenters. The van der Waals surface area contributed by atoms with Gasteiger partial charge in [-0.05, 0) is 42.2 Å². The lowest BCUT2D eigenvalue weighted by atomic mass is 9.78. The van der Waals surface area contributed by atoms with Gasteiger partial charge in [0.05, 0.1) is 6.61 Å². The Morgan fingerprint density at radius 1 is 1.04 bits per heavy atom. The summed E-state index contributed by atoms with van der Waals surface area (Å²) in [5.41, 5.74) is 2.52. The maximum absolute atomic E-state index is 11.0. The quantitative estimate of drug-likeness (QED) is 0.541. The Morgan fingerprint density at radius 3 is 2.32 bits per heavy atom. The summed E-state index contributed by atoms with van der Waals surface area (Å²) in [6.45, 7) is 9.18. The third kappa shape index (κ3) is 5.49. The second-order valence-electron chi connectivity index (χ2n) is 6.57. The molecule has 1 amide bonds. The number of benzene rings is 2. The van der Waals surface area contributed by atoms with Gasteiger partial charge in [-0.15, -0.1) is 0 Å². The zero-order valence-electron chi connectivity index (χ0n) is 15.1. The van der Waals surface area contributed by atoms with Crippen molar-refractivity contribution >= 4 is 5.91 Å². The molecule has 0 aliphatic heterocycles. The van der Waals surface area contributed by atoms with Crippen molar-refractivity contribution in [1.29, 1.82) is 0 Å². The summed E-state index contributed by atoms with van der Waals surface area (Å²) in [5.74, 6) is 0.750. The van der Waals surface area contributed by atoms with E-state index in [9.17, 15) is 4.79 Å². The molecule has 0 saturated carbocycles. The van der Waals surface area contributed by atoms with E-state index < -0.39 is 0 Å². The normalized spacial score (nSPS) is 11.0. The fraction of sp³-hybridized carbons (Fsp3) is 0.318. The largest absolute Gasteiger partial charge is 0.494 e. The lowest BCUT2D eigenvalue weighted by molar-refractivity contribution is -0.116. The highest BCUT2D eigenvalue weighted by Gasteiger charge is 2.22. The van der Waals surface area contributed by atoms with Gasteiger partial charge in [-0.3, -0.25) is 4.79 Å². The van der Waals surface area contributed by atoms with Crippen LogP contribution in [-0.2, 0) is 10.2 Å². The van der Waals surface area contributed by atoms with Crippen molar-refractivity contribution in [3.8, 4) is 5.75 Å². The van der Waals surface area contributed by atoms with Gasteiger partial charge in [0.25, 0.3) is 0 Å². The van der Waals surface area contributed by atoms with E-state index in [1.54, 1.807) is 0 Å². The van der Waals surface area contributed by atoms with E-state index in [2.05, 4.69) is 62.1 Å². The highest BCUT2D eigenvalue weighted by atomic mass is 16.5. The Bertz CT molecular complexity index is 675. The van der Waals surface area contributed by atoms with E-state index in [1.807, 2.05) is 18.2 Å². The first-order valence-corrected chi connectivity index (χ1v) is 8.73. The van der Waals surface area contributed by atoms with Crippen LogP contribution in [0.25, 0.3) is 0 Å². The minimum Gasteiger partial charge on any atom is -0.494 e. The monoisotopic (exact) mass is 337 g/mol. The third-order valence-corrected chi connectivity index (χ3v) is 4.40. The van der Waals surface area contributed by atoms with Crippen molar-refractivity contribution in [2.24, 2.45) is 0 Å². The first-order chi connectivity index (χ1) is 12.0. The van der Waals surface area contributed by atoms with Crippen LogP contribution in [0.1, 0.15) is 37.8 Å². The fourth-order valence-electron chi connectivity index (χ4n) is 2.69. The lowest BCUT2D eigenvalue weighted by Gasteiger charge is -2.26. The molecule has 0 spiro atoms. The number of amides is 1. The predicted molar refractivity (Wildman–Crippen MR) is 103 cm³/mol. The molecule has 0 bridgehead atoms. The van der Waals surface area contributed by atoms with Crippen molar-refractivity contribution in [2.75, 3.05) is 13.2 Å². The smallest absolute Gasteiger partial charge is 0.243 e. The van der Waals surface area contributed by atoms with Gasteiger partial charge in [0, 0.05) is 12.0 Å². The summed E-state index contributed by atoms with van der Waals surface area (Å²) in [6, 6.07) is 18.8. The van der Waals surface area contributed by atoms with Gasteiger partial charge in [0.15, 0.2) is 0 Å². The Kier molecular flexibility index (Phi) is 6.81. The van der Waals surface area contributed by atoms with Crippen LogP contribution < -0.4 is 10.1 Å². The molecule has 2 aromatic rings. The summed E-state index contributed by atoms with van der Waals surface area (Å²) in [5, 5.41) is 2.76. The first kappa shape index (κ1) is 18.8. The number of carbonyl (C=O) groups excluding carboxylic acids is 1. The molecule has 0 radical (unpaired) electrons. The van der Waals surface area contributed by atoms with E-state index in [1.165, 1.54) is 17.2 Å². The average molecular weight is 337 g/mol. The molecule has 0 fully saturated rings. The van der Waals surface area contributed by atoms with Gasteiger partial charge in [-0.25, -0.2) is 0 Å². The van der Waals surface area contributed by atoms with Crippen LogP contribution in [0.2, 0.25) is 0 Å². The van der Waals surface area contributed by atoms with Gasteiger partial charge >= 0.3 is 0 Å². The fourth-order valence-corrected chi connectivity index (χ4v) is 2.69. The molecule has 0 aromatic heterocycles. The van der Waals surface area contributed by atoms with Crippen LogP contribution in [0.3, 0.4) is 0 Å². The Balaban J connectivity index is 1.82. The zero-order valence-corrected chi connectivity index (χ0v) is 15.1. The van der Waals surface area contributed by atoms with Crippen molar-refractivity contribution in [1.82, 2.24) is 5.32 Å². The minimum absolute atomic E-state index is 0.0385. The Hall–Kier alpha value is -2.55. The topological polar surface area (TPSA) is 38.3 Å². The van der Waals surface area contributed by atoms with Crippen molar-refractivity contribution in [3.63, 3.8) is 0 Å². The highest BCUT2D eigenvalue weighted by Crippen LogP contribution is 2.32. The average Bonchev–Trinajstić information content (AvgIpc) is 2.65. The molecular weight excluding hydrogens is 310 g/mol. The second kappa shape index (κ2) is 9.07. The Labute approximate surface area is 150 Å². The number of nitrogens with one attached hydrogen (secondary N) is 1. The van der Waals surface area contributed by atoms with Crippen LogP contribution in [0.5, 0.6) is 5.75 Å². The van der Waals surface area contributed by atoms with E-state index >= 15 is 0 Å². The number of carbonyl (C=O) groups is 1. The molecule has 2 rings (SSSR count). The standard InChI is InChI=1S/C22H27NO2/c1-4-21(24)23-16-8-9-17-25-20-14-12-19(13-15-20)22(2,3)18-10-6-5-7-11-18/h4-7,10-15H,1,8-9,16-17H2,2-3H3,(H,23,24). The predicted octanol–water partition coefficient (Wildman–Crippen LogP) is 4.47. The van der Waals surface area contributed by atoms with Crippen LogP contribution >= 0.6 is 0 Å². The molecule has 0 aliphatic carbocycles. The van der Waals surface area contributed by atoms with Gasteiger partial charge in [-0.2, -0.15) is 0 Å². The second-order valence-corrected chi connectivity index (χ2v) is 6.57. The van der Waals surface area contributed by atoms with Crippen LogP contribution in [0.4, 0.5) is 0 Å². The molecule has 0 atom stereocenters. The third-order valence-electron chi connectivity index (χ3n) is 4.40. The summed E-state index contributed by atoms with van der Waals surface area (Å²) in [6.07, 6.45) is 3.07. The molecule has 1 N–H and O–H groups in total. The van der Waals surface area contributed by atoms with E-state index in [0.29, 0.717) is 13.2 Å². The Morgan fingerprint density at radius 2 is 1.68 bits per heavy atom. The number of ether oxygens (including phenoxy) is 1. The highest BCUT2D eigenvalue weighted by molar-refractivity contribution is 5.86. The maximum atomic E-state index is 11.0. The van der Waals surface area contributed by atoms with Crippen LogP contribution in [0.15, 0.2) is 67.3 Å². The minimum atomic E-state index is -0.127. The summed E-state index contributed by atoms with van der Waals surface area (Å²) >= 11 is 0. The number of unbranched alkanes of at least 4 members (excludes halogenated alkanes) is 1. The molecule has 0 saturated heterocycles. The van der Waals surface area contributed by atoms with Crippen molar-refractivity contribution < 1.29 is 9.53 Å². The van der Waals surface area contributed by atoms with Crippen LogP contribution in [-0.4, -0.2) is 19.1 Å². The summed E-state index contributed by atoms with van der Waals surface area (Å²) < 4.78 is 5.78. The first-order valence-electron chi connectivity index (χ1n) is 8.73. The number of rotatable bonds is 9. The summed E-state index contributed by atoms with van der Waals surface area (Å²) in [4.78, 5) is 11.0. The molecule has 3 heteroatoms. The number of hydrogen-bond acceptors (Lipinski definition) is 2. The van der Waals surface area contributed by atoms with E-state index in [4.69, 9.17) is 4.74 Å². The molecule has 0 heterocycles. The van der Waals surface area contributed by atoms with Crippen molar-refractivity contribution in [3.05, 3.63) is 78.4 Å². The molecule has 132 valence electrons. The SMILES string of the molecule is C=CC(=O)NCCCCOc1ccc(C(C)(C)c2ccccc2)cc1. The van der Waals surface area contributed by atoms with Gasteiger partial charge in [-0.1, -0.05) is 62.9 Å². The van der Waals surface area contributed by atoms with E-state index in [-0.39, 0.29) is 11.3 Å². The number of hydrogen-bond donors (Lipinski definition) is 1. The van der Waals surface area contributed by atoms with Gasteiger partial charge in [0.2, 0.25) is 5.91 Å². The van der Waals surface area contributed by atoms with Crippen LogP contribution in [0, 0.1) is 0 Å². The van der Waals surface area contributed by atoms with E-state index in [0.717, 1.165) is 18.6 Å². The zero-order chi connectivity index (χ0) is 18.1. The van der Waals surface area contributed by atoms with Gasteiger partial charge < -0.3 is 10.1 Å². The molecular formula is C22H27NO2. The molecule has 3 nitrogen and oxygen atoms in total. The van der Waals surface area contributed by atoms with Crippen molar-refractivity contribution in [2.45, 2.75) is 32.1 Å². The van der Waals surface area contributed by atoms with Gasteiger partial charge in [0.1, 0.15) is 5.75 Å². The molecule has 0 aliphatic rings. The maximum Gasteiger partial charge on any atom is 0.243 e. The summed E-state index contributed by atoms with van der Waals surface area (Å²) in [7, 11) is 0. The molecule has 2 aromatic carbocycles.